The molecule has 1 aromatic carbocycles. The number of benzene rings is 1. The molecule has 1 saturated heterocycles. The highest BCUT2D eigenvalue weighted by Gasteiger charge is 2.31. The Hall–Kier alpha value is -1.10. The van der Waals surface area contributed by atoms with Crippen molar-refractivity contribution in [2.24, 2.45) is 0 Å². The van der Waals surface area contributed by atoms with E-state index in [-0.39, 0.29) is 5.91 Å². The Morgan fingerprint density at radius 2 is 1.91 bits per heavy atom. The molecule has 2 unspecified atom stereocenters. The van der Waals surface area contributed by atoms with Crippen molar-refractivity contribution >= 4 is 17.5 Å². The second-order valence-corrected chi connectivity index (χ2v) is 6.76. The maximum Gasteiger partial charge on any atom is 0.227 e. The average molecular weight is 339 g/mol. The maximum absolute atomic E-state index is 12.6. The lowest BCUT2D eigenvalue weighted by atomic mass is 10.1. The lowest BCUT2D eigenvalue weighted by molar-refractivity contribution is -0.134. The zero-order valence-electron chi connectivity index (χ0n) is 14.3. The number of carbonyl (C=O) groups excluding carboxylic acids is 1. The van der Waals surface area contributed by atoms with Crippen molar-refractivity contribution in [1.29, 1.82) is 0 Å². The van der Waals surface area contributed by atoms with Gasteiger partial charge in [-0.15, -0.1) is 0 Å². The second-order valence-electron chi connectivity index (χ2n) is 6.35. The minimum atomic E-state index is 0.161. The zero-order chi connectivity index (χ0) is 16.8. The van der Waals surface area contributed by atoms with Gasteiger partial charge in [-0.2, -0.15) is 0 Å². The van der Waals surface area contributed by atoms with Crippen molar-refractivity contribution in [2.45, 2.75) is 38.8 Å². The van der Waals surface area contributed by atoms with Gasteiger partial charge in [0.1, 0.15) is 0 Å². The van der Waals surface area contributed by atoms with Crippen molar-refractivity contribution < 1.29 is 9.53 Å². The van der Waals surface area contributed by atoms with Crippen molar-refractivity contribution in [2.75, 3.05) is 33.4 Å². The summed E-state index contributed by atoms with van der Waals surface area (Å²) in [6.07, 6.45) is 1.40. The Bertz CT molecular complexity index is 511. The molecule has 0 aliphatic carbocycles. The Labute approximate surface area is 144 Å². The summed E-state index contributed by atoms with van der Waals surface area (Å²) in [5.41, 5.74) is 0.905. The fourth-order valence-electron chi connectivity index (χ4n) is 3.31. The number of hydrogen-bond donors (Lipinski definition) is 0. The lowest BCUT2D eigenvalue weighted by Crippen LogP contribution is -2.58. The first-order valence-corrected chi connectivity index (χ1v) is 8.66. The molecule has 4 nitrogen and oxygen atoms in total. The van der Waals surface area contributed by atoms with Gasteiger partial charge in [0.25, 0.3) is 0 Å². The number of rotatable bonds is 6. The van der Waals surface area contributed by atoms with E-state index in [0.717, 1.165) is 38.2 Å². The van der Waals surface area contributed by atoms with Gasteiger partial charge in [0.2, 0.25) is 5.91 Å². The summed E-state index contributed by atoms with van der Waals surface area (Å²) >= 11 is 6.17. The molecule has 0 bridgehead atoms. The highest BCUT2D eigenvalue weighted by molar-refractivity contribution is 6.31. The minimum absolute atomic E-state index is 0.161. The topological polar surface area (TPSA) is 32.8 Å². The lowest BCUT2D eigenvalue weighted by Gasteiger charge is -2.44. The summed E-state index contributed by atoms with van der Waals surface area (Å²) in [5.74, 6) is 0.161. The molecule has 2 atom stereocenters. The van der Waals surface area contributed by atoms with Gasteiger partial charge in [-0.05, 0) is 31.9 Å². The summed E-state index contributed by atoms with van der Waals surface area (Å²) in [6.45, 7) is 7.74. The van der Waals surface area contributed by atoms with Gasteiger partial charge < -0.3 is 9.64 Å². The third kappa shape index (κ3) is 4.93. The number of nitrogens with zero attached hydrogens (tertiary/aromatic N) is 2. The molecule has 1 heterocycles. The van der Waals surface area contributed by atoms with Crippen molar-refractivity contribution in [3.63, 3.8) is 0 Å². The van der Waals surface area contributed by atoms with Crippen molar-refractivity contribution in [1.82, 2.24) is 9.80 Å². The Balaban J connectivity index is 1.92. The summed E-state index contributed by atoms with van der Waals surface area (Å²) in [5, 5.41) is 0.667. The predicted octanol–water partition coefficient (Wildman–Crippen LogP) is 2.84. The minimum Gasteiger partial charge on any atom is -0.385 e. The molecule has 1 amide bonds. The zero-order valence-corrected chi connectivity index (χ0v) is 15.1. The molecule has 128 valence electrons. The summed E-state index contributed by atoms with van der Waals surface area (Å²) in [4.78, 5) is 17.1. The van der Waals surface area contributed by atoms with Crippen molar-refractivity contribution in [3.05, 3.63) is 34.9 Å². The van der Waals surface area contributed by atoms with E-state index >= 15 is 0 Å². The number of methoxy groups -OCH3 is 1. The summed E-state index contributed by atoms with van der Waals surface area (Å²) in [6, 6.07) is 8.31. The quantitative estimate of drug-likeness (QED) is 0.748. The molecule has 1 aromatic rings. The monoisotopic (exact) mass is 338 g/mol. The van der Waals surface area contributed by atoms with E-state index < -0.39 is 0 Å². The number of hydrogen-bond acceptors (Lipinski definition) is 3. The van der Waals surface area contributed by atoms with Crippen LogP contribution in [-0.4, -0.2) is 61.1 Å². The molecule has 0 N–H and O–H groups in total. The predicted molar refractivity (Wildman–Crippen MR) is 93.9 cm³/mol. The summed E-state index contributed by atoms with van der Waals surface area (Å²) < 4.78 is 5.14. The third-order valence-corrected chi connectivity index (χ3v) is 4.89. The Morgan fingerprint density at radius 3 is 2.52 bits per heavy atom. The standard InChI is InChI=1S/C18H27ClN2O2/c1-14-12-20(13-15(2)21(14)9-6-10-23-3)18(22)11-16-7-4-5-8-17(16)19/h4-5,7-8,14-15H,6,9-13H2,1-3H3. The SMILES string of the molecule is COCCCN1C(C)CN(C(=O)Cc2ccccc2Cl)CC1C. The molecule has 1 aliphatic heterocycles. The number of piperazine rings is 1. The molecule has 1 fully saturated rings. The van der Waals surface area contributed by atoms with Gasteiger partial charge in [-0.25, -0.2) is 0 Å². The van der Waals surface area contributed by atoms with E-state index in [1.54, 1.807) is 7.11 Å². The van der Waals surface area contributed by atoms with Crippen LogP contribution in [0.3, 0.4) is 0 Å². The summed E-state index contributed by atoms with van der Waals surface area (Å²) in [7, 11) is 1.73. The maximum atomic E-state index is 12.6. The molecular weight excluding hydrogens is 312 g/mol. The second kappa shape index (κ2) is 8.67. The van der Waals surface area contributed by atoms with Gasteiger partial charge in [0.05, 0.1) is 6.42 Å². The fourth-order valence-corrected chi connectivity index (χ4v) is 3.51. The first kappa shape index (κ1) is 18.2. The van der Waals surface area contributed by atoms with Gasteiger partial charge in [0, 0.05) is 50.5 Å². The van der Waals surface area contributed by atoms with Gasteiger partial charge in [-0.3, -0.25) is 9.69 Å². The first-order chi connectivity index (χ1) is 11.0. The van der Waals surface area contributed by atoms with E-state index in [2.05, 4.69) is 18.7 Å². The smallest absolute Gasteiger partial charge is 0.227 e. The van der Waals surface area contributed by atoms with Gasteiger partial charge >= 0.3 is 0 Å². The number of ether oxygens (including phenoxy) is 1. The third-order valence-electron chi connectivity index (χ3n) is 4.52. The van der Waals surface area contributed by atoms with Crippen LogP contribution in [0.25, 0.3) is 0 Å². The average Bonchev–Trinajstić information content (AvgIpc) is 2.52. The molecular formula is C18H27ClN2O2. The Morgan fingerprint density at radius 1 is 1.26 bits per heavy atom. The van der Waals surface area contributed by atoms with Crippen LogP contribution in [0.4, 0.5) is 0 Å². The van der Waals surface area contributed by atoms with Crippen LogP contribution in [0.2, 0.25) is 5.02 Å². The number of halogens is 1. The number of carbonyl (C=O) groups is 1. The van der Waals surface area contributed by atoms with E-state index in [1.807, 2.05) is 29.2 Å². The van der Waals surface area contributed by atoms with Crippen molar-refractivity contribution in [3.8, 4) is 0 Å². The highest BCUT2D eigenvalue weighted by atomic mass is 35.5. The first-order valence-electron chi connectivity index (χ1n) is 8.28. The van der Waals surface area contributed by atoms with Crippen LogP contribution in [0.5, 0.6) is 0 Å². The van der Waals surface area contributed by atoms with E-state index in [9.17, 15) is 4.79 Å². The molecule has 23 heavy (non-hydrogen) atoms. The number of amides is 1. The van der Waals surface area contributed by atoms with Crippen LogP contribution in [0.15, 0.2) is 24.3 Å². The van der Waals surface area contributed by atoms with Crippen LogP contribution in [0.1, 0.15) is 25.8 Å². The van der Waals surface area contributed by atoms with Crippen LogP contribution in [0, 0.1) is 0 Å². The van der Waals surface area contributed by atoms with E-state index in [4.69, 9.17) is 16.3 Å². The van der Waals surface area contributed by atoms with E-state index in [1.165, 1.54) is 0 Å². The highest BCUT2D eigenvalue weighted by Crippen LogP contribution is 2.20. The Kier molecular flexibility index (Phi) is 6.88. The fraction of sp³-hybridized carbons (Fsp3) is 0.611. The van der Waals surface area contributed by atoms with Gasteiger partial charge in [-0.1, -0.05) is 29.8 Å². The molecule has 5 heteroatoms. The molecule has 0 saturated carbocycles. The van der Waals surface area contributed by atoms with Crippen LogP contribution < -0.4 is 0 Å². The van der Waals surface area contributed by atoms with E-state index in [0.29, 0.717) is 23.5 Å². The largest absolute Gasteiger partial charge is 0.385 e. The van der Waals surface area contributed by atoms with Gasteiger partial charge in [0.15, 0.2) is 0 Å². The van der Waals surface area contributed by atoms with Crippen LogP contribution >= 0.6 is 11.6 Å². The van der Waals surface area contributed by atoms with Crippen LogP contribution in [-0.2, 0) is 16.0 Å². The molecule has 0 aromatic heterocycles. The normalized spacial score (nSPS) is 22.3. The molecule has 1 aliphatic rings. The molecule has 0 spiro atoms. The molecule has 0 radical (unpaired) electrons. The molecule has 2 rings (SSSR count).